The number of hydrogen-bond acceptors (Lipinski definition) is 4. The fraction of sp³-hybridized carbons (Fsp3) is 0.632. The molecule has 5 nitrogen and oxygen atoms in total. The summed E-state index contributed by atoms with van der Waals surface area (Å²) in [5.74, 6) is 1.29. The average Bonchev–Trinajstić information content (AvgIpc) is 2.87. The van der Waals surface area contributed by atoms with Crippen LogP contribution in [0.5, 0.6) is 11.5 Å². The van der Waals surface area contributed by atoms with Gasteiger partial charge in [-0.1, -0.05) is 18.9 Å². The van der Waals surface area contributed by atoms with Crippen LogP contribution in [0.1, 0.15) is 39.0 Å². The number of carbonyl (C=O) groups excluding carboxylic acids is 1. The maximum Gasteiger partial charge on any atom is 0.260 e. The molecule has 1 atom stereocenters. The lowest BCUT2D eigenvalue weighted by atomic mass is 10.2. The molecule has 0 aromatic heterocycles. The highest BCUT2D eigenvalue weighted by Crippen LogP contribution is 2.19. The van der Waals surface area contributed by atoms with E-state index in [1.807, 2.05) is 18.2 Å². The van der Waals surface area contributed by atoms with Crippen molar-refractivity contribution in [2.45, 2.75) is 45.1 Å². The molecule has 0 bridgehead atoms. The first-order valence-corrected chi connectivity index (χ1v) is 9.00. The van der Waals surface area contributed by atoms with Gasteiger partial charge in [0.2, 0.25) is 0 Å². The molecule has 0 spiro atoms. The van der Waals surface area contributed by atoms with Crippen LogP contribution in [0.2, 0.25) is 0 Å². The Morgan fingerprint density at radius 2 is 1.92 bits per heavy atom. The van der Waals surface area contributed by atoms with Crippen LogP contribution in [-0.2, 0) is 4.79 Å². The summed E-state index contributed by atoms with van der Waals surface area (Å²) in [6, 6.07) is 7.30. The molecule has 0 saturated carbocycles. The second kappa shape index (κ2) is 10.2. The van der Waals surface area contributed by atoms with Gasteiger partial charge in [0.25, 0.3) is 5.91 Å². The van der Waals surface area contributed by atoms with Crippen molar-refractivity contribution >= 4 is 5.91 Å². The molecule has 1 aliphatic rings. The van der Waals surface area contributed by atoms with E-state index in [9.17, 15) is 4.79 Å². The Kier molecular flexibility index (Phi) is 7.89. The van der Waals surface area contributed by atoms with Crippen LogP contribution in [0.4, 0.5) is 0 Å². The molecular formula is C19H30N2O3. The van der Waals surface area contributed by atoms with E-state index in [1.165, 1.54) is 38.8 Å². The van der Waals surface area contributed by atoms with E-state index in [4.69, 9.17) is 9.47 Å². The highest BCUT2D eigenvalue weighted by molar-refractivity contribution is 5.80. The summed E-state index contributed by atoms with van der Waals surface area (Å²) in [4.78, 5) is 14.6. The topological polar surface area (TPSA) is 50.8 Å². The van der Waals surface area contributed by atoms with Gasteiger partial charge in [0.05, 0.1) is 7.11 Å². The summed E-state index contributed by atoms with van der Waals surface area (Å²) in [6.45, 7) is 5.92. The van der Waals surface area contributed by atoms with Gasteiger partial charge >= 0.3 is 0 Å². The molecule has 134 valence electrons. The third-order valence-electron chi connectivity index (χ3n) is 4.37. The number of amides is 1. The third kappa shape index (κ3) is 6.40. The maximum atomic E-state index is 12.1. The van der Waals surface area contributed by atoms with Gasteiger partial charge in [-0.05, 0) is 58.0 Å². The Hall–Kier alpha value is -1.75. The summed E-state index contributed by atoms with van der Waals surface area (Å²) in [6.07, 6.45) is 5.78. The van der Waals surface area contributed by atoms with Crippen LogP contribution < -0.4 is 14.8 Å². The third-order valence-corrected chi connectivity index (χ3v) is 4.37. The first-order chi connectivity index (χ1) is 11.7. The largest absolute Gasteiger partial charge is 0.497 e. The standard InChI is InChI=1S/C19H30N2O3/c1-16(24-18-10-7-9-17(15-18)23-2)19(22)20-11-8-14-21-12-5-3-4-6-13-21/h7,9-10,15-16H,3-6,8,11-14H2,1-2H3,(H,20,22)/t16-/m0/s1. The van der Waals surface area contributed by atoms with Gasteiger partial charge in [0.1, 0.15) is 11.5 Å². The summed E-state index contributed by atoms with van der Waals surface area (Å²) in [5.41, 5.74) is 0. The van der Waals surface area contributed by atoms with Crippen molar-refractivity contribution in [2.75, 3.05) is 33.3 Å². The molecule has 5 heteroatoms. The van der Waals surface area contributed by atoms with Gasteiger partial charge in [-0.3, -0.25) is 4.79 Å². The van der Waals surface area contributed by atoms with Crippen molar-refractivity contribution < 1.29 is 14.3 Å². The van der Waals surface area contributed by atoms with Crippen LogP contribution in [0.15, 0.2) is 24.3 Å². The quantitative estimate of drug-likeness (QED) is 0.743. The Bertz CT molecular complexity index is 499. The molecule has 1 heterocycles. The molecule has 0 radical (unpaired) electrons. The van der Waals surface area contributed by atoms with E-state index in [1.54, 1.807) is 20.1 Å². The molecule has 2 rings (SSSR count). The van der Waals surface area contributed by atoms with Crippen molar-refractivity contribution in [3.63, 3.8) is 0 Å². The second-order valence-corrected chi connectivity index (χ2v) is 6.34. The molecule has 1 saturated heterocycles. The predicted octanol–water partition coefficient (Wildman–Crippen LogP) is 2.84. The predicted molar refractivity (Wildman–Crippen MR) is 95.6 cm³/mol. The van der Waals surface area contributed by atoms with Gasteiger partial charge in [-0.25, -0.2) is 0 Å². The molecule has 24 heavy (non-hydrogen) atoms. The number of likely N-dealkylation sites (tertiary alicyclic amines) is 1. The van der Waals surface area contributed by atoms with E-state index >= 15 is 0 Å². The molecule has 1 N–H and O–H groups in total. The Labute approximate surface area is 145 Å². The van der Waals surface area contributed by atoms with Gasteiger partial charge in [0.15, 0.2) is 6.10 Å². The Morgan fingerprint density at radius 3 is 2.62 bits per heavy atom. The molecule has 1 aromatic rings. The van der Waals surface area contributed by atoms with Crippen LogP contribution in [0, 0.1) is 0 Å². The van der Waals surface area contributed by atoms with E-state index < -0.39 is 6.10 Å². The zero-order valence-corrected chi connectivity index (χ0v) is 14.9. The highest BCUT2D eigenvalue weighted by atomic mass is 16.5. The number of nitrogens with one attached hydrogen (secondary N) is 1. The molecule has 1 amide bonds. The Morgan fingerprint density at radius 1 is 1.21 bits per heavy atom. The molecule has 1 aromatic carbocycles. The number of methoxy groups -OCH3 is 1. The van der Waals surface area contributed by atoms with Crippen LogP contribution in [0.3, 0.4) is 0 Å². The fourth-order valence-corrected chi connectivity index (χ4v) is 2.95. The fourth-order valence-electron chi connectivity index (χ4n) is 2.95. The van der Waals surface area contributed by atoms with Gasteiger partial charge in [0, 0.05) is 12.6 Å². The number of ether oxygens (including phenoxy) is 2. The lowest BCUT2D eigenvalue weighted by Crippen LogP contribution is -2.38. The SMILES string of the molecule is COc1cccc(O[C@@H](C)C(=O)NCCCN2CCCCCC2)c1. The number of hydrogen-bond donors (Lipinski definition) is 1. The van der Waals surface area contributed by atoms with Crippen molar-refractivity contribution in [1.29, 1.82) is 0 Å². The summed E-state index contributed by atoms with van der Waals surface area (Å²) < 4.78 is 10.8. The molecular weight excluding hydrogens is 304 g/mol. The van der Waals surface area contributed by atoms with E-state index in [-0.39, 0.29) is 5.91 Å². The normalized spacial score (nSPS) is 16.9. The minimum Gasteiger partial charge on any atom is -0.497 e. The van der Waals surface area contributed by atoms with Crippen LogP contribution >= 0.6 is 0 Å². The number of rotatable bonds is 8. The number of nitrogens with zero attached hydrogens (tertiary/aromatic N) is 1. The lowest BCUT2D eigenvalue weighted by Gasteiger charge is -2.20. The zero-order valence-electron chi connectivity index (χ0n) is 14.9. The van der Waals surface area contributed by atoms with Crippen molar-refractivity contribution in [3.05, 3.63) is 24.3 Å². The first kappa shape index (κ1) is 18.6. The first-order valence-electron chi connectivity index (χ1n) is 9.00. The smallest absolute Gasteiger partial charge is 0.260 e. The van der Waals surface area contributed by atoms with Gasteiger partial charge < -0.3 is 19.7 Å². The van der Waals surface area contributed by atoms with Crippen LogP contribution in [-0.4, -0.2) is 50.2 Å². The second-order valence-electron chi connectivity index (χ2n) is 6.34. The van der Waals surface area contributed by atoms with Crippen LogP contribution in [0.25, 0.3) is 0 Å². The van der Waals surface area contributed by atoms with Crippen molar-refractivity contribution in [3.8, 4) is 11.5 Å². The highest BCUT2D eigenvalue weighted by Gasteiger charge is 2.15. The average molecular weight is 334 g/mol. The van der Waals surface area contributed by atoms with E-state index in [0.29, 0.717) is 12.3 Å². The Balaban J connectivity index is 1.65. The van der Waals surface area contributed by atoms with E-state index in [2.05, 4.69) is 10.2 Å². The van der Waals surface area contributed by atoms with Gasteiger partial charge in [-0.2, -0.15) is 0 Å². The minimum atomic E-state index is -0.518. The van der Waals surface area contributed by atoms with Crippen molar-refractivity contribution in [2.24, 2.45) is 0 Å². The molecule has 1 aliphatic heterocycles. The molecule has 1 fully saturated rings. The number of carbonyl (C=O) groups is 1. The monoisotopic (exact) mass is 334 g/mol. The van der Waals surface area contributed by atoms with Gasteiger partial charge in [-0.15, -0.1) is 0 Å². The lowest BCUT2D eigenvalue weighted by molar-refractivity contribution is -0.127. The van der Waals surface area contributed by atoms with E-state index in [0.717, 1.165) is 18.7 Å². The maximum absolute atomic E-state index is 12.1. The summed E-state index contributed by atoms with van der Waals surface area (Å²) in [5, 5.41) is 2.96. The minimum absolute atomic E-state index is 0.0753. The zero-order chi connectivity index (χ0) is 17.2. The summed E-state index contributed by atoms with van der Waals surface area (Å²) in [7, 11) is 1.61. The number of benzene rings is 1. The van der Waals surface area contributed by atoms with Crippen molar-refractivity contribution in [1.82, 2.24) is 10.2 Å². The molecule has 0 unspecified atom stereocenters. The summed E-state index contributed by atoms with van der Waals surface area (Å²) >= 11 is 0. The molecule has 0 aliphatic carbocycles.